The molecule has 1 amide bonds. The smallest absolute Gasteiger partial charge is 0.254 e. The zero-order valence-electron chi connectivity index (χ0n) is 17.1. The van der Waals surface area contributed by atoms with E-state index in [0.717, 1.165) is 0 Å². The molecule has 3 nitrogen and oxygen atoms in total. The van der Waals surface area contributed by atoms with E-state index in [4.69, 9.17) is 23.2 Å². The topological polar surface area (TPSA) is 46.2 Å². The molecule has 31 heavy (non-hydrogen) atoms. The second-order valence-electron chi connectivity index (χ2n) is 7.24. The number of nitrogens with one attached hydrogen (secondary N) is 1. The molecule has 158 valence electrons. The first-order chi connectivity index (χ1) is 14.9. The fourth-order valence-electron chi connectivity index (χ4n) is 3.47. The van der Waals surface area contributed by atoms with Gasteiger partial charge in [-0.25, -0.2) is 0 Å². The summed E-state index contributed by atoms with van der Waals surface area (Å²) in [6, 6.07) is 25.3. The predicted molar refractivity (Wildman–Crippen MR) is 127 cm³/mol. The molecule has 0 aromatic heterocycles. The van der Waals surface area contributed by atoms with Gasteiger partial charge in [0.15, 0.2) is 5.78 Å². The summed E-state index contributed by atoms with van der Waals surface area (Å²) in [4.78, 5) is 24.9. The number of rotatable bonds is 8. The van der Waals surface area contributed by atoms with Crippen LogP contribution in [0.15, 0.2) is 84.4 Å². The Kier molecular flexibility index (Phi) is 8.05. The largest absolute Gasteiger partial charge is 0.352 e. The summed E-state index contributed by atoms with van der Waals surface area (Å²) in [7, 11) is 0. The maximum absolute atomic E-state index is 12.7. The minimum atomic E-state index is -0.413. The highest BCUT2D eigenvalue weighted by Crippen LogP contribution is 2.27. The molecule has 0 aliphatic rings. The number of Topliss-reactive ketones (excluding diaryl/α,β-unsaturated/α-hetero) is 1. The summed E-state index contributed by atoms with van der Waals surface area (Å²) in [5.74, 6) is -0.598. The van der Waals surface area contributed by atoms with Crippen LogP contribution in [0.25, 0.3) is 6.08 Å². The lowest BCUT2D eigenvalue weighted by Crippen LogP contribution is -2.29. The Labute approximate surface area is 192 Å². The van der Waals surface area contributed by atoms with E-state index in [1.807, 2.05) is 36.4 Å². The van der Waals surface area contributed by atoms with Gasteiger partial charge in [0.2, 0.25) is 0 Å². The van der Waals surface area contributed by atoms with Crippen molar-refractivity contribution in [3.8, 4) is 0 Å². The Morgan fingerprint density at radius 2 is 1.39 bits per heavy atom. The van der Waals surface area contributed by atoms with Gasteiger partial charge in [-0.15, -0.1) is 0 Å². The molecule has 0 heterocycles. The van der Waals surface area contributed by atoms with E-state index in [2.05, 4.69) is 29.6 Å². The third-order valence-electron chi connectivity index (χ3n) is 4.94. The van der Waals surface area contributed by atoms with Crippen molar-refractivity contribution in [1.82, 2.24) is 5.32 Å². The van der Waals surface area contributed by atoms with Crippen LogP contribution in [0, 0.1) is 0 Å². The standard InChI is InChI=1S/C26H23Cl2NO2/c1-18(30)25(16-19-14-22(27)17-23(28)15-19)26(31)29-13-12-24(20-8-4-2-5-9-20)21-10-6-3-7-11-21/h2-11,14-17,24H,12-13H2,1H3,(H,29,31)/b25-16-. The Balaban J connectivity index is 1.74. The molecule has 0 saturated carbocycles. The summed E-state index contributed by atoms with van der Waals surface area (Å²) in [6.45, 7) is 1.79. The maximum atomic E-state index is 12.7. The van der Waals surface area contributed by atoms with Crippen LogP contribution in [0.1, 0.15) is 36.0 Å². The van der Waals surface area contributed by atoms with Gasteiger partial charge in [-0.05, 0) is 54.3 Å². The van der Waals surface area contributed by atoms with Gasteiger partial charge in [0.05, 0.1) is 5.57 Å². The number of carbonyl (C=O) groups excluding carboxylic acids is 2. The van der Waals surface area contributed by atoms with E-state index >= 15 is 0 Å². The van der Waals surface area contributed by atoms with Crippen molar-refractivity contribution in [3.05, 3.63) is 111 Å². The molecule has 3 aromatic carbocycles. The van der Waals surface area contributed by atoms with Gasteiger partial charge in [0, 0.05) is 22.5 Å². The second kappa shape index (κ2) is 10.9. The average Bonchev–Trinajstić information content (AvgIpc) is 2.75. The molecule has 5 heteroatoms. The van der Waals surface area contributed by atoms with Gasteiger partial charge in [0.25, 0.3) is 5.91 Å². The second-order valence-corrected chi connectivity index (χ2v) is 8.11. The highest BCUT2D eigenvalue weighted by molar-refractivity contribution is 6.35. The van der Waals surface area contributed by atoms with Crippen LogP contribution in [-0.4, -0.2) is 18.2 Å². The third-order valence-corrected chi connectivity index (χ3v) is 5.38. The van der Waals surface area contributed by atoms with Crippen molar-refractivity contribution in [3.63, 3.8) is 0 Å². The molecule has 0 saturated heterocycles. The number of hydrogen-bond donors (Lipinski definition) is 1. The van der Waals surface area contributed by atoms with Crippen molar-refractivity contribution < 1.29 is 9.59 Å². The van der Waals surface area contributed by atoms with E-state index in [9.17, 15) is 9.59 Å². The van der Waals surface area contributed by atoms with Crippen LogP contribution < -0.4 is 5.32 Å². The first-order valence-corrected chi connectivity index (χ1v) is 10.8. The number of halogens is 2. The number of amides is 1. The highest BCUT2D eigenvalue weighted by atomic mass is 35.5. The van der Waals surface area contributed by atoms with Gasteiger partial charge < -0.3 is 5.32 Å². The highest BCUT2D eigenvalue weighted by Gasteiger charge is 2.17. The Morgan fingerprint density at radius 1 is 0.871 bits per heavy atom. The Hall–Kier alpha value is -2.88. The van der Waals surface area contributed by atoms with E-state index < -0.39 is 5.91 Å². The normalized spacial score (nSPS) is 11.4. The summed E-state index contributed by atoms with van der Waals surface area (Å²) in [5, 5.41) is 3.77. The van der Waals surface area contributed by atoms with E-state index in [1.165, 1.54) is 24.1 Å². The fraction of sp³-hybridized carbons (Fsp3) is 0.154. The van der Waals surface area contributed by atoms with Gasteiger partial charge in [0.1, 0.15) is 0 Å². The van der Waals surface area contributed by atoms with Crippen molar-refractivity contribution >= 4 is 41.0 Å². The molecule has 0 radical (unpaired) electrons. The minimum Gasteiger partial charge on any atom is -0.352 e. The van der Waals surface area contributed by atoms with Crippen LogP contribution in [0.2, 0.25) is 10.0 Å². The summed E-state index contributed by atoms with van der Waals surface area (Å²) < 4.78 is 0. The maximum Gasteiger partial charge on any atom is 0.254 e. The van der Waals surface area contributed by atoms with Gasteiger partial charge in [-0.2, -0.15) is 0 Å². The molecule has 0 unspecified atom stereocenters. The molecule has 0 aliphatic carbocycles. The van der Waals surface area contributed by atoms with Crippen molar-refractivity contribution in [2.75, 3.05) is 6.54 Å². The molecule has 0 spiro atoms. The summed E-state index contributed by atoms with van der Waals surface area (Å²) >= 11 is 12.1. The number of benzene rings is 3. The first-order valence-electron chi connectivity index (χ1n) is 10.0. The zero-order chi connectivity index (χ0) is 22.2. The van der Waals surface area contributed by atoms with Gasteiger partial charge >= 0.3 is 0 Å². The lowest BCUT2D eigenvalue weighted by Gasteiger charge is -2.18. The monoisotopic (exact) mass is 451 g/mol. The van der Waals surface area contributed by atoms with Crippen LogP contribution >= 0.6 is 23.2 Å². The summed E-state index contributed by atoms with van der Waals surface area (Å²) in [5.41, 5.74) is 3.02. The van der Waals surface area contributed by atoms with Crippen LogP contribution in [0.5, 0.6) is 0 Å². The van der Waals surface area contributed by atoms with Gasteiger partial charge in [-0.3, -0.25) is 9.59 Å². The molecule has 0 aliphatic heterocycles. The quantitative estimate of drug-likeness (QED) is 0.248. The minimum absolute atomic E-state index is 0.0642. The van der Waals surface area contributed by atoms with E-state index in [-0.39, 0.29) is 17.3 Å². The van der Waals surface area contributed by atoms with Crippen LogP contribution in [-0.2, 0) is 9.59 Å². The Bertz CT molecular complexity index is 1020. The lowest BCUT2D eigenvalue weighted by atomic mass is 9.88. The SMILES string of the molecule is CC(=O)/C(=C/c1cc(Cl)cc(Cl)c1)C(=O)NCCC(c1ccccc1)c1ccccc1. The molecule has 3 aromatic rings. The molecular formula is C26H23Cl2NO2. The van der Waals surface area contributed by atoms with Crippen molar-refractivity contribution in [2.24, 2.45) is 0 Å². The average molecular weight is 452 g/mol. The van der Waals surface area contributed by atoms with Crippen LogP contribution in [0.3, 0.4) is 0 Å². The fourth-order valence-corrected chi connectivity index (χ4v) is 4.02. The Morgan fingerprint density at radius 3 is 1.87 bits per heavy atom. The first kappa shape index (κ1) is 22.8. The number of carbonyl (C=O) groups is 2. The number of ketones is 1. The zero-order valence-corrected chi connectivity index (χ0v) is 18.7. The van der Waals surface area contributed by atoms with Crippen molar-refractivity contribution in [2.45, 2.75) is 19.3 Å². The summed E-state index contributed by atoms with van der Waals surface area (Å²) in [6.07, 6.45) is 2.22. The predicted octanol–water partition coefficient (Wildman–Crippen LogP) is 6.30. The van der Waals surface area contributed by atoms with Crippen LogP contribution in [0.4, 0.5) is 0 Å². The van der Waals surface area contributed by atoms with Crippen molar-refractivity contribution in [1.29, 1.82) is 0 Å². The van der Waals surface area contributed by atoms with E-state index in [0.29, 0.717) is 28.6 Å². The number of hydrogen-bond acceptors (Lipinski definition) is 2. The third kappa shape index (κ3) is 6.55. The van der Waals surface area contributed by atoms with E-state index in [1.54, 1.807) is 18.2 Å². The molecular weight excluding hydrogens is 429 g/mol. The molecule has 0 bridgehead atoms. The van der Waals surface area contributed by atoms with Gasteiger partial charge in [-0.1, -0.05) is 83.9 Å². The molecule has 0 atom stereocenters. The molecule has 0 fully saturated rings. The molecule has 3 rings (SSSR count). The lowest BCUT2D eigenvalue weighted by molar-refractivity contribution is -0.121. The molecule has 1 N–H and O–H groups in total.